The number of rotatable bonds is 7. The zero-order valence-electron chi connectivity index (χ0n) is 16.3. The smallest absolute Gasteiger partial charge is 0.192 e. The van der Waals surface area contributed by atoms with Gasteiger partial charge in [-0.2, -0.15) is 0 Å². The van der Waals surface area contributed by atoms with Gasteiger partial charge in [0.15, 0.2) is 5.12 Å². The quantitative estimate of drug-likeness (QED) is 0.542. The lowest BCUT2D eigenvalue weighted by atomic mass is 9.67. The summed E-state index contributed by atoms with van der Waals surface area (Å²) in [4.78, 5) is 25.7. The van der Waals surface area contributed by atoms with Gasteiger partial charge >= 0.3 is 0 Å². The molecule has 0 N–H and O–H groups in total. The minimum absolute atomic E-state index is 0.0876. The van der Waals surface area contributed by atoms with E-state index in [0.717, 1.165) is 12.8 Å². The first-order chi connectivity index (χ1) is 10.9. The van der Waals surface area contributed by atoms with E-state index in [1.807, 2.05) is 19.1 Å². The molecule has 0 radical (unpaired) electrons. The van der Waals surface area contributed by atoms with Gasteiger partial charge in [0, 0.05) is 22.5 Å². The molecule has 0 aliphatic heterocycles. The van der Waals surface area contributed by atoms with Crippen LogP contribution in [0.25, 0.3) is 0 Å². The molecule has 136 valence electrons. The topological polar surface area (TPSA) is 34.1 Å². The van der Waals surface area contributed by atoms with Gasteiger partial charge in [-0.05, 0) is 30.6 Å². The van der Waals surface area contributed by atoms with E-state index < -0.39 is 5.41 Å². The average Bonchev–Trinajstić information content (AvgIpc) is 2.71. The Balaban J connectivity index is 3.21. The molecule has 0 spiro atoms. The molecule has 3 atom stereocenters. The van der Waals surface area contributed by atoms with Gasteiger partial charge in [-0.25, -0.2) is 0 Å². The zero-order chi connectivity index (χ0) is 18.8. The Labute approximate surface area is 152 Å². The summed E-state index contributed by atoms with van der Waals surface area (Å²) >= 11 is 1.41. The Morgan fingerprint density at radius 3 is 2.38 bits per heavy atom. The highest BCUT2D eigenvalue weighted by atomic mass is 32.2. The summed E-state index contributed by atoms with van der Waals surface area (Å²) in [5, 5.41) is 0.215. The first-order valence-corrected chi connectivity index (χ1v) is 9.68. The van der Waals surface area contributed by atoms with E-state index in [9.17, 15) is 9.59 Å². The first kappa shape index (κ1) is 21.2. The van der Waals surface area contributed by atoms with Gasteiger partial charge in [0.05, 0.1) is 0 Å². The second kappa shape index (κ2) is 7.59. The first-order valence-electron chi connectivity index (χ1n) is 8.87. The summed E-state index contributed by atoms with van der Waals surface area (Å²) in [6.07, 6.45) is 6.52. The predicted octanol–water partition coefficient (Wildman–Crippen LogP) is 5.82. The lowest BCUT2D eigenvalue weighted by Crippen LogP contribution is -2.38. The van der Waals surface area contributed by atoms with Crippen LogP contribution in [0.15, 0.2) is 25.3 Å². The monoisotopic (exact) mass is 350 g/mol. The number of thioether (sulfide) groups is 1. The van der Waals surface area contributed by atoms with Gasteiger partial charge < -0.3 is 0 Å². The maximum Gasteiger partial charge on any atom is 0.192 e. The standard InChI is InChI=1S/C21H34O2S/c1-9-13-21(8)16(11-12-17(21)22)15(14-20(6,7)10-2)18(23)24-19(3,4)5/h9-10,15-16H,1-2,11-14H2,3-8H3/t15-,16-,21-/m1/s1. The van der Waals surface area contributed by atoms with Crippen LogP contribution in [0.4, 0.5) is 0 Å². The molecule has 3 heteroatoms. The SMILES string of the molecule is C=CC[C@@]1(C)C(=O)CC[C@@H]1[C@@H](CC(C)(C)C=C)C(=O)SC(C)(C)C. The van der Waals surface area contributed by atoms with Crippen LogP contribution < -0.4 is 0 Å². The van der Waals surface area contributed by atoms with Gasteiger partial charge in [-0.15, -0.1) is 13.2 Å². The number of allylic oxidation sites excluding steroid dienone is 2. The largest absolute Gasteiger partial charge is 0.299 e. The zero-order valence-corrected chi connectivity index (χ0v) is 17.1. The molecule has 1 fully saturated rings. The molecule has 0 aromatic carbocycles. The average molecular weight is 351 g/mol. The molecule has 0 aromatic heterocycles. The van der Waals surface area contributed by atoms with Crippen molar-refractivity contribution in [2.75, 3.05) is 0 Å². The van der Waals surface area contributed by atoms with Crippen molar-refractivity contribution in [3.8, 4) is 0 Å². The Morgan fingerprint density at radius 2 is 1.92 bits per heavy atom. The molecular weight excluding hydrogens is 316 g/mol. The molecule has 1 saturated carbocycles. The second-order valence-corrected chi connectivity index (χ2v) is 10.8. The minimum atomic E-state index is -0.461. The van der Waals surface area contributed by atoms with E-state index in [0.29, 0.717) is 12.8 Å². The van der Waals surface area contributed by atoms with E-state index in [1.165, 1.54) is 11.8 Å². The van der Waals surface area contributed by atoms with E-state index >= 15 is 0 Å². The van der Waals surface area contributed by atoms with Crippen molar-refractivity contribution in [1.29, 1.82) is 0 Å². The van der Waals surface area contributed by atoms with Crippen LogP contribution in [0.1, 0.15) is 67.2 Å². The summed E-state index contributed by atoms with van der Waals surface area (Å²) in [5.41, 5.74) is -0.586. The molecule has 0 amide bonds. The normalized spacial score (nSPS) is 26.2. The van der Waals surface area contributed by atoms with Gasteiger partial charge in [0.25, 0.3) is 0 Å². The minimum Gasteiger partial charge on any atom is -0.299 e. The number of carbonyl (C=O) groups excluding carboxylic acids is 2. The molecular formula is C21H34O2S. The second-order valence-electron chi connectivity index (χ2n) is 9.02. The van der Waals surface area contributed by atoms with Crippen molar-refractivity contribution < 1.29 is 9.59 Å². The molecule has 0 unspecified atom stereocenters. The van der Waals surface area contributed by atoms with Crippen LogP contribution in [0, 0.1) is 22.7 Å². The number of hydrogen-bond acceptors (Lipinski definition) is 3. The Morgan fingerprint density at radius 1 is 1.33 bits per heavy atom. The molecule has 0 bridgehead atoms. The lowest BCUT2D eigenvalue weighted by Gasteiger charge is -2.38. The molecule has 1 aliphatic carbocycles. The number of ketones is 1. The highest BCUT2D eigenvalue weighted by Crippen LogP contribution is 2.51. The third-order valence-electron chi connectivity index (χ3n) is 5.20. The van der Waals surface area contributed by atoms with Gasteiger partial charge in [0.2, 0.25) is 0 Å². The number of hydrogen-bond donors (Lipinski definition) is 0. The van der Waals surface area contributed by atoms with Crippen molar-refractivity contribution in [1.82, 2.24) is 0 Å². The highest BCUT2D eigenvalue weighted by molar-refractivity contribution is 8.14. The van der Waals surface area contributed by atoms with Crippen molar-refractivity contribution in [3.63, 3.8) is 0 Å². The molecule has 1 aliphatic rings. The maximum absolute atomic E-state index is 13.1. The van der Waals surface area contributed by atoms with Crippen LogP contribution in [-0.2, 0) is 9.59 Å². The third kappa shape index (κ3) is 5.08. The van der Waals surface area contributed by atoms with E-state index in [2.05, 4.69) is 47.8 Å². The van der Waals surface area contributed by atoms with E-state index in [-0.39, 0.29) is 32.9 Å². The summed E-state index contributed by atoms with van der Waals surface area (Å²) in [7, 11) is 0. The Kier molecular flexibility index (Phi) is 6.71. The van der Waals surface area contributed by atoms with Crippen molar-refractivity contribution in [2.24, 2.45) is 22.7 Å². The summed E-state index contributed by atoms with van der Waals surface area (Å²) < 4.78 is -0.120. The van der Waals surface area contributed by atoms with Crippen LogP contribution in [0.2, 0.25) is 0 Å². The summed E-state index contributed by atoms with van der Waals surface area (Å²) in [5.74, 6) is 0.241. The third-order valence-corrected chi connectivity index (χ3v) is 6.32. The van der Waals surface area contributed by atoms with Crippen LogP contribution >= 0.6 is 11.8 Å². The van der Waals surface area contributed by atoms with Gasteiger partial charge in [-0.1, -0.05) is 65.5 Å². The molecule has 1 rings (SSSR count). The fraction of sp³-hybridized carbons (Fsp3) is 0.714. The molecule has 24 heavy (non-hydrogen) atoms. The molecule has 2 nitrogen and oxygen atoms in total. The lowest BCUT2D eigenvalue weighted by molar-refractivity contribution is -0.128. The van der Waals surface area contributed by atoms with Crippen molar-refractivity contribution >= 4 is 22.7 Å². The predicted molar refractivity (Wildman–Crippen MR) is 105 cm³/mol. The molecule has 0 aromatic rings. The van der Waals surface area contributed by atoms with E-state index in [1.54, 1.807) is 0 Å². The van der Waals surface area contributed by atoms with Crippen molar-refractivity contribution in [3.05, 3.63) is 25.3 Å². The van der Waals surface area contributed by atoms with Crippen molar-refractivity contribution in [2.45, 2.75) is 72.0 Å². The summed E-state index contributed by atoms with van der Waals surface area (Å²) in [6, 6.07) is 0. The Hall–Kier alpha value is -0.830. The van der Waals surface area contributed by atoms with Gasteiger partial charge in [0.1, 0.15) is 5.78 Å². The fourth-order valence-corrected chi connectivity index (χ4v) is 4.73. The number of carbonyl (C=O) groups is 2. The van der Waals surface area contributed by atoms with Crippen LogP contribution in [0.3, 0.4) is 0 Å². The number of Topliss-reactive ketones (excluding diaryl/α,β-unsaturated/α-hetero) is 1. The fourth-order valence-electron chi connectivity index (χ4n) is 3.73. The van der Waals surface area contributed by atoms with Crippen LogP contribution in [0.5, 0.6) is 0 Å². The van der Waals surface area contributed by atoms with Crippen LogP contribution in [-0.4, -0.2) is 15.6 Å². The Bertz CT molecular complexity index is 512. The molecule has 0 saturated heterocycles. The summed E-state index contributed by atoms with van der Waals surface area (Å²) in [6.45, 7) is 20.2. The van der Waals surface area contributed by atoms with Gasteiger partial charge in [-0.3, -0.25) is 9.59 Å². The van der Waals surface area contributed by atoms with E-state index in [4.69, 9.17) is 0 Å². The maximum atomic E-state index is 13.1. The highest BCUT2D eigenvalue weighted by Gasteiger charge is 2.51. The molecule has 0 heterocycles.